The second-order valence-electron chi connectivity index (χ2n) is 18.0. The molecule has 0 spiro atoms. The first-order valence-electron chi connectivity index (χ1n) is 22.2. The summed E-state index contributed by atoms with van der Waals surface area (Å²) < 4.78 is 26.7. The first kappa shape index (κ1) is 43.4. The molecule has 6 heterocycles. The van der Waals surface area contributed by atoms with Gasteiger partial charge < -0.3 is 48.2 Å². The lowest BCUT2D eigenvalue weighted by atomic mass is 9.72. The van der Waals surface area contributed by atoms with Crippen molar-refractivity contribution in [3.05, 3.63) is 80.0 Å². The first-order chi connectivity index (χ1) is 31.0. The molecule has 0 saturated carbocycles. The van der Waals surface area contributed by atoms with E-state index < -0.39 is 11.9 Å². The topological polar surface area (TPSA) is 146 Å². The third-order valence-corrected chi connectivity index (χ3v) is 15.7. The number of piperidine rings is 2. The zero-order valence-corrected chi connectivity index (χ0v) is 39.1. The largest absolute Gasteiger partial charge is 0.449 e. The van der Waals surface area contributed by atoms with Gasteiger partial charge in [0.1, 0.15) is 9.21 Å². The number of likely N-dealkylation sites (tertiary alicyclic amines) is 2. The van der Waals surface area contributed by atoms with Crippen LogP contribution in [0.1, 0.15) is 46.9 Å². The number of morpholine rings is 2. The van der Waals surface area contributed by atoms with Crippen molar-refractivity contribution < 1.29 is 47.8 Å². The highest BCUT2D eigenvalue weighted by Crippen LogP contribution is 2.49. The van der Waals surface area contributed by atoms with E-state index in [1.807, 2.05) is 24.3 Å². The molecule has 4 aromatic rings. The molecule has 6 atom stereocenters. The fourth-order valence-electron chi connectivity index (χ4n) is 11.2. The third kappa shape index (κ3) is 8.12. The number of carbonyl (C=O) groups is 4. The molecule has 2 unspecified atom stereocenters. The summed E-state index contributed by atoms with van der Waals surface area (Å²) >= 11 is 7.51. The number of halogens is 2. The minimum absolute atomic E-state index is 0.164. The molecular formula is C46H52Br2N6O10. The molecule has 18 heteroatoms. The summed E-state index contributed by atoms with van der Waals surface area (Å²) in [6, 6.07) is 12.5. The summed E-state index contributed by atoms with van der Waals surface area (Å²) in [7, 11) is 4.23. The van der Waals surface area contributed by atoms with Crippen LogP contribution in [0.4, 0.5) is 9.59 Å². The molecule has 0 radical (unpaired) electrons. The van der Waals surface area contributed by atoms with Crippen LogP contribution in [0.3, 0.4) is 0 Å². The highest BCUT2D eigenvalue weighted by Gasteiger charge is 2.43. The molecular weight excluding hydrogens is 956 g/mol. The van der Waals surface area contributed by atoms with Crippen LogP contribution in [0, 0.1) is 11.8 Å². The number of carbonyl (C=O) groups excluding carboxylic acids is 4. The lowest BCUT2D eigenvalue weighted by Gasteiger charge is -2.45. The van der Waals surface area contributed by atoms with Gasteiger partial charge in [-0.25, -0.2) is 19.2 Å². The first-order valence-corrected chi connectivity index (χ1v) is 23.8. The summed E-state index contributed by atoms with van der Waals surface area (Å²) in [5, 5.41) is 2.08. The predicted molar refractivity (Wildman–Crippen MR) is 241 cm³/mol. The van der Waals surface area contributed by atoms with Gasteiger partial charge in [-0.1, -0.05) is 24.3 Å². The number of hydrogen-bond donors (Lipinski definition) is 0. The molecule has 0 N–H and O–H groups in total. The molecule has 64 heavy (non-hydrogen) atoms. The van der Waals surface area contributed by atoms with Crippen molar-refractivity contribution in [3.8, 4) is 0 Å². The summed E-state index contributed by atoms with van der Waals surface area (Å²) in [6.07, 6.45) is 4.80. The Morgan fingerprint density at radius 3 is 1.45 bits per heavy atom. The molecule has 2 aromatic heterocycles. The lowest BCUT2D eigenvalue weighted by molar-refractivity contribution is -0.140. The summed E-state index contributed by atoms with van der Waals surface area (Å²) in [5.41, 5.74) is 5.93. The number of rotatable bonds is 8. The van der Waals surface area contributed by atoms with E-state index in [0.29, 0.717) is 75.0 Å². The van der Waals surface area contributed by atoms with Crippen molar-refractivity contribution >= 4 is 77.8 Å². The number of ether oxygens (including phenoxy) is 4. The van der Waals surface area contributed by atoms with Crippen LogP contribution in [0.25, 0.3) is 21.8 Å². The molecule has 2 amide bonds. The number of aromatic nitrogens is 2. The van der Waals surface area contributed by atoms with Crippen LogP contribution in [0.5, 0.6) is 0 Å². The van der Waals surface area contributed by atoms with Gasteiger partial charge in [-0.05, 0) is 106 Å². The van der Waals surface area contributed by atoms with Crippen LogP contribution >= 0.6 is 31.9 Å². The van der Waals surface area contributed by atoms with Gasteiger partial charge in [-0.3, -0.25) is 0 Å². The average molecular weight is 1010 g/mol. The van der Waals surface area contributed by atoms with Gasteiger partial charge >= 0.3 is 24.1 Å². The number of likely N-dealkylation sites (N-methyl/N-ethyl adjacent to an activating group) is 2. The smallest absolute Gasteiger partial charge is 0.409 e. The molecule has 0 bridgehead atoms. The molecule has 6 aliphatic rings. The van der Waals surface area contributed by atoms with Gasteiger partial charge in [0.2, 0.25) is 0 Å². The van der Waals surface area contributed by atoms with E-state index in [-0.39, 0.29) is 47.9 Å². The number of fused-ring (bicyclic) bond motifs is 4. The summed E-state index contributed by atoms with van der Waals surface area (Å²) in [4.78, 5) is 72.3. The minimum Gasteiger partial charge on any atom is -0.449 e. The second kappa shape index (κ2) is 18.1. The van der Waals surface area contributed by atoms with Gasteiger partial charge in [0.25, 0.3) is 0 Å². The maximum Gasteiger partial charge on any atom is 0.409 e. The highest BCUT2D eigenvalue weighted by atomic mass is 79.9. The van der Waals surface area contributed by atoms with E-state index in [1.165, 1.54) is 20.6 Å². The number of nitrogens with zero attached hydrogens (tertiary/aromatic N) is 6. The van der Waals surface area contributed by atoms with Crippen LogP contribution in [-0.4, -0.2) is 158 Å². The van der Waals surface area contributed by atoms with E-state index in [1.54, 1.807) is 9.80 Å². The number of benzene rings is 2. The van der Waals surface area contributed by atoms with Gasteiger partial charge in [0.05, 0.1) is 50.7 Å². The van der Waals surface area contributed by atoms with Crippen molar-refractivity contribution in [1.29, 1.82) is 0 Å². The Bertz CT molecular complexity index is 2340. The second-order valence-corrected chi connectivity index (χ2v) is 19.5. The zero-order chi connectivity index (χ0) is 44.2. The van der Waals surface area contributed by atoms with Crippen molar-refractivity contribution in [2.45, 2.75) is 49.6 Å². The van der Waals surface area contributed by atoms with Gasteiger partial charge in [0.15, 0.2) is 0 Å². The van der Waals surface area contributed by atoms with Crippen LogP contribution < -0.4 is 9.68 Å². The molecule has 4 aliphatic heterocycles. The van der Waals surface area contributed by atoms with Crippen molar-refractivity contribution in [2.75, 3.05) is 93.0 Å². The summed E-state index contributed by atoms with van der Waals surface area (Å²) in [6.45, 7) is 6.56. The molecule has 16 nitrogen and oxygen atoms in total. The summed E-state index contributed by atoms with van der Waals surface area (Å²) in [5.74, 6) is -0.762. The molecule has 10 rings (SSSR count). The molecule has 340 valence electrons. The monoisotopic (exact) mass is 1010 g/mol. The Labute approximate surface area is 387 Å². The van der Waals surface area contributed by atoms with E-state index in [2.05, 4.69) is 67.9 Å². The Kier molecular flexibility index (Phi) is 12.3. The Morgan fingerprint density at radius 2 is 1.05 bits per heavy atom. The van der Waals surface area contributed by atoms with Crippen molar-refractivity contribution in [2.24, 2.45) is 11.8 Å². The van der Waals surface area contributed by atoms with Crippen LogP contribution in [-0.2, 0) is 41.4 Å². The highest BCUT2D eigenvalue weighted by molar-refractivity contribution is 9.10. The Hall–Kier alpha value is -4.46. The lowest BCUT2D eigenvalue weighted by Crippen LogP contribution is -2.49. The average Bonchev–Trinajstić information content (AvgIpc) is 3.73. The van der Waals surface area contributed by atoms with Gasteiger partial charge in [-0.15, -0.1) is 0 Å². The molecule has 2 aliphatic carbocycles. The van der Waals surface area contributed by atoms with Gasteiger partial charge in [0, 0.05) is 97.9 Å². The third-order valence-electron chi connectivity index (χ3n) is 14.1. The normalized spacial score (nSPS) is 25.9. The maximum absolute atomic E-state index is 13.4. The van der Waals surface area contributed by atoms with Crippen molar-refractivity contribution in [1.82, 2.24) is 29.1 Å². The Morgan fingerprint density at radius 1 is 0.641 bits per heavy atom. The van der Waals surface area contributed by atoms with E-state index in [9.17, 15) is 19.2 Å². The van der Waals surface area contributed by atoms with E-state index >= 15 is 0 Å². The van der Waals surface area contributed by atoms with E-state index in [4.69, 9.17) is 28.6 Å². The number of amides is 2. The fraction of sp³-hybridized carbons (Fsp3) is 0.522. The van der Waals surface area contributed by atoms with E-state index in [0.717, 1.165) is 83.9 Å². The Balaban J connectivity index is 0.808. The number of hydrogen-bond acceptors (Lipinski definition) is 12. The van der Waals surface area contributed by atoms with Crippen LogP contribution in [0.2, 0.25) is 0 Å². The quantitative estimate of drug-likeness (QED) is 0.216. The standard InChI is InChI=1S/C46H52Br2N6O10/c1-49-23-27(25-61-45(57)51-11-15-59-16-12-51)19-31-29-5-3-7-35-41(29)33(21-37(31)49)43(47)53(35)63-39(55)9-10-40(56)64-54-36-8-4-6-30-32-20-28(26-62-46(58)52-13-17-60-18-14-52)24-50(2)38(32)22-34(42(30)36)44(54)48/h3-10,27-28,31-32,37-38H,11-26H2,1-2H3/b10-9-/t27?,28?,31-,32-,37-,38-/m0/s1. The fourth-order valence-corrected chi connectivity index (χ4v) is 12.4. The minimum atomic E-state index is -0.739. The molecule has 2 aromatic carbocycles. The predicted octanol–water partition coefficient (Wildman–Crippen LogP) is 5.15. The van der Waals surface area contributed by atoms with Crippen molar-refractivity contribution in [3.63, 3.8) is 0 Å². The van der Waals surface area contributed by atoms with Gasteiger partial charge in [-0.2, -0.15) is 9.46 Å². The zero-order valence-electron chi connectivity index (χ0n) is 35.9. The SMILES string of the molecule is CN1CC(COC(=O)N2CCOCC2)C[C@H]2c3cccc4c3c(c(Br)n4OC(=O)/C=C\C(=O)On3c(Br)c4c5c(cccc53)[C@@H]3CC(COC(=O)N5CCOCC5)CN(C)[C@H]3C4)C[C@@H]21. The molecule has 4 saturated heterocycles. The maximum atomic E-state index is 13.4. The van der Waals surface area contributed by atoms with Crippen LogP contribution in [0.15, 0.2) is 57.8 Å². The molecule has 4 fully saturated rings.